The molecule has 0 amide bonds. The molecule has 4 heterocycles. The average molecular weight is 458 g/mol. The van der Waals surface area contributed by atoms with Crippen molar-refractivity contribution >= 4 is 28.2 Å². The van der Waals surface area contributed by atoms with Gasteiger partial charge in [0.05, 0.1) is 33.9 Å². The number of benzene rings is 1. The summed E-state index contributed by atoms with van der Waals surface area (Å²) in [5.41, 5.74) is 2.12. The number of nitriles is 1. The zero-order valence-electron chi connectivity index (χ0n) is 17.4. The van der Waals surface area contributed by atoms with E-state index in [4.69, 9.17) is 16.1 Å². The van der Waals surface area contributed by atoms with Crippen LogP contribution in [0.1, 0.15) is 36.3 Å². The van der Waals surface area contributed by atoms with Crippen molar-refractivity contribution in [1.82, 2.24) is 29.1 Å². The molecule has 33 heavy (non-hydrogen) atoms. The number of halogens is 1. The Balaban J connectivity index is 1.65. The monoisotopic (exact) mass is 457 g/mol. The predicted octanol–water partition coefficient (Wildman–Crippen LogP) is 3.79. The van der Waals surface area contributed by atoms with E-state index < -0.39 is 0 Å². The van der Waals surface area contributed by atoms with Crippen LogP contribution in [-0.2, 0) is 6.54 Å². The number of fused-ring (bicyclic) bond motifs is 3. The predicted molar refractivity (Wildman–Crippen MR) is 120 cm³/mol. The van der Waals surface area contributed by atoms with E-state index in [0.29, 0.717) is 34.2 Å². The van der Waals surface area contributed by atoms with Gasteiger partial charge in [0, 0.05) is 12.1 Å². The number of hydrogen-bond acceptors (Lipinski definition) is 7. The van der Waals surface area contributed by atoms with Crippen molar-refractivity contribution in [2.24, 2.45) is 5.92 Å². The van der Waals surface area contributed by atoms with E-state index in [1.54, 1.807) is 28.8 Å². The van der Waals surface area contributed by atoms with E-state index in [-0.39, 0.29) is 40.0 Å². The maximum Gasteiger partial charge on any atom is 0.278 e. The Bertz CT molecular complexity index is 1650. The van der Waals surface area contributed by atoms with Crippen molar-refractivity contribution in [2.75, 3.05) is 0 Å². The molecule has 6 rings (SSSR count). The Morgan fingerprint density at radius 1 is 1.24 bits per heavy atom. The van der Waals surface area contributed by atoms with Crippen molar-refractivity contribution in [2.45, 2.75) is 25.8 Å². The third-order valence-corrected chi connectivity index (χ3v) is 6.41. The maximum atomic E-state index is 13.8. The second-order valence-corrected chi connectivity index (χ2v) is 8.61. The third kappa shape index (κ3) is 3.02. The minimum absolute atomic E-state index is 0.154. The smallest absolute Gasteiger partial charge is 0.278 e. The van der Waals surface area contributed by atoms with Gasteiger partial charge in [0.25, 0.3) is 11.4 Å². The van der Waals surface area contributed by atoms with Crippen LogP contribution in [0.5, 0.6) is 0 Å². The Hall–Kier alpha value is -4.03. The minimum Gasteiger partial charge on any atom is -0.332 e. The first kappa shape index (κ1) is 19.6. The fourth-order valence-electron chi connectivity index (χ4n) is 4.22. The molecular formula is C23H16ClN7O2. The van der Waals surface area contributed by atoms with Crippen molar-refractivity contribution < 1.29 is 4.52 Å². The Labute approximate surface area is 191 Å². The van der Waals surface area contributed by atoms with E-state index in [1.165, 1.54) is 10.9 Å². The van der Waals surface area contributed by atoms with Crippen LogP contribution < -0.4 is 5.56 Å². The summed E-state index contributed by atoms with van der Waals surface area (Å²) in [6, 6.07) is 11.0. The van der Waals surface area contributed by atoms with E-state index in [9.17, 15) is 10.1 Å². The van der Waals surface area contributed by atoms with E-state index in [2.05, 4.69) is 33.1 Å². The molecule has 1 fully saturated rings. The summed E-state index contributed by atoms with van der Waals surface area (Å²) in [4.78, 5) is 27.1. The summed E-state index contributed by atoms with van der Waals surface area (Å²) >= 11 is 6.32. The molecule has 0 N–H and O–H groups in total. The quantitative estimate of drug-likeness (QED) is 0.403. The molecule has 0 saturated heterocycles. The molecule has 0 aliphatic heterocycles. The topological polar surface area (TPSA) is 115 Å². The lowest BCUT2D eigenvalue weighted by atomic mass is 10.1. The third-order valence-electron chi connectivity index (χ3n) is 6.09. The van der Waals surface area contributed by atoms with Crippen molar-refractivity contribution in [1.29, 1.82) is 5.26 Å². The van der Waals surface area contributed by atoms with Gasteiger partial charge >= 0.3 is 0 Å². The highest BCUT2D eigenvalue weighted by Gasteiger charge is 2.38. The van der Waals surface area contributed by atoms with Gasteiger partial charge in [-0.2, -0.15) is 10.2 Å². The molecular weight excluding hydrogens is 442 g/mol. The maximum absolute atomic E-state index is 13.8. The molecule has 9 nitrogen and oxygen atoms in total. The highest BCUT2D eigenvalue weighted by Crippen LogP contribution is 2.45. The lowest BCUT2D eigenvalue weighted by molar-refractivity contribution is 0.421. The lowest BCUT2D eigenvalue weighted by Crippen LogP contribution is -2.24. The summed E-state index contributed by atoms with van der Waals surface area (Å²) in [6.45, 7) is 2.29. The van der Waals surface area contributed by atoms with E-state index in [1.807, 2.05) is 12.1 Å². The Morgan fingerprint density at radius 2 is 2.09 bits per heavy atom. The summed E-state index contributed by atoms with van der Waals surface area (Å²) in [5.74, 6) is 1.62. The standard InChI is InChI=1S/C23H16ClN7O2/c1-12-8-14(12)21-28-22(33-29-21)18-20-23(32)30(10-13-4-2-3-7-26-13)19-15(9-25)16(24)5-6-17(19)31(20)11-27-18/h2-7,11-12,14H,8,10H2,1H3. The van der Waals surface area contributed by atoms with Gasteiger partial charge in [-0.15, -0.1) is 0 Å². The zero-order valence-corrected chi connectivity index (χ0v) is 18.2. The molecule has 2 atom stereocenters. The van der Waals surface area contributed by atoms with Crippen LogP contribution in [0.3, 0.4) is 0 Å². The van der Waals surface area contributed by atoms with Crippen LogP contribution in [0.15, 0.2) is 52.2 Å². The number of hydrogen-bond donors (Lipinski definition) is 0. The molecule has 0 spiro atoms. The van der Waals surface area contributed by atoms with Crippen molar-refractivity contribution in [3.8, 4) is 17.7 Å². The fourth-order valence-corrected chi connectivity index (χ4v) is 4.41. The summed E-state index contributed by atoms with van der Waals surface area (Å²) in [6.07, 6.45) is 4.20. The molecule has 2 unspecified atom stereocenters. The summed E-state index contributed by atoms with van der Waals surface area (Å²) in [7, 11) is 0. The molecule has 5 aromatic rings. The van der Waals surface area contributed by atoms with Gasteiger partial charge in [-0.05, 0) is 36.6 Å². The number of aromatic nitrogens is 6. The molecule has 4 aromatic heterocycles. The molecule has 1 aromatic carbocycles. The molecule has 0 radical (unpaired) electrons. The Morgan fingerprint density at radius 3 is 2.82 bits per heavy atom. The summed E-state index contributed by atoms with van der Waals surface area (Å²) in [5, 5.41) is 14.2. The van der Waals surface area contributed by atoms with Crippen molar-refractivity contribution in [3.63, 3.8) is 0 Å². The minimum atomic E-state index is -0.362. The normalized spacial score (nSPS) is 17.5. The Kier molecular flexibility index (Phi) is 4.32. The average Bonchev–Trinajstić information content (AvgIpc) is 3.20. The number of pyridine rings is 1. The number of rotatable bonds is 4. The van der Waals surface area contributed by atoms with Crippen molar-refractivity contribution in [3.05, 3.63) is 75.3 Å². The zero-order chi connectivity index (χ0) is 22.7. The van der Waals surface area contributed by atoms with Gasteiger partial charge in [0.2, 0.25) is 0 Å². The molecule has 1 saturated carbocycles. The molecule has 1 aliphatic rings. The van der Waals surface area contributed by atoms with Gasteiger partial charge in [-0.25, -0.2) is 4.98 Å². The first-order chi connectivity index (χ1) is 16.1. The van der Waals surface area contributed by atoms with Crippen LogP contribution >= 0.6 is 11.6 Å². The van der Waals surface area contributed by atoms with E-state index in [0.717, 1.165) is 6.42 Å². The first-order valence-corrected chi connectivity index (χ1v) is 10.8. The van der Waals surface area contributed by atoms with Gasteiger partial charge in [0.1, 0.15) is 17.9 Å². The SMILES string of the molecule is CC1CC1c1noc(-c2ncn3c2c(=O)n(Cc2ccccn2)c2c(C#N)c(Cl)ccc23)n1. The number of nitrogens with zero attached hydrogens (tertiary/aromatic N) is 7. The highest BCUT2D eigenvalue weighted by atomic mass is 35.5. The lowest BCUT2D eigenvalue weighted by Gasteiger charge is -2.14. The van der Waals surface area contributed by atoms with Crippen LogP contribution in [0.25, 0.3) is 28.1 Å². The summed E-state index contributed by atoms with van der Waals surface area (Å²) < 4.78 is 8.63. The molecule has 0 bridgehead atoms. The van der Waals surface area contributed by atoms with Gasteiger partial charge in [-0.3, -0.25) is 18.7 Å². The highest BCUT2D eigenvalue weighted by molar-refractivity contribution is 6.32. The van der Waals surface area contributed by atoms with Crippen LogP contribution in [0, 0.1) is 17.2 Å². The van der Waals surface area contributed by atoms with Gasteiger partial charge < -0.3 is 4.52 Å². The largest absolute Gasteiger partial charge is 0.332 e. The van der Waals surface area contributed by atoms with Crippen LogP contribution in [0.4, 0.5) is 0 Å². The van der Waals surface area contributed by atoms with Crippen LogP contribution in [0.2, 0.25) is 5.02 Å². The first-order valence-electron chi connectivity index (χ1n) is 10.4. The second-order valence-electron chi connectivity index (χ2n) is 8.20. The number of imidazole rings is 1. The molecule has 162 valence electrons. The molecule has 10 heteroatoms. The van der Waals surface area contributed by atoms with E-state index >= 15 is 0 Å². The van der Waals surface area contributed by atoms with Gasteiger partial charge in [0.15, 0.2) is 11.5 Å². The van der Waals surface area contributed by atoms with Crippen LogP contribution in [-0.4, -0.2) is 29.1 Å². The second kappa shape index (κ2) is 7.25. The molecule has 1 aliphatic carbocycles. The fraction of sp³-hybridized carbons (Fsp3) is 0.217. The van der Waals surface area contributed by atoms with Gasteiger partial charge in [-0.1, -0.05) is 29.7 Å².